The lowest BCUT2D eigenvalue weighted by molar-refractivity contribution is 0.136. The first-order valence-electron chi connectivity index (χ1n) is 5.26. The van der Waals surface area contributed by atoms with E-state index < -0.39 is 0 Å². The number of piperazine rings is 1. The zero-order valence-corrected chi connectivity index (χ0v) is 10.9. The monoisotopic (exact) mass is 309 g/mol. The Hall–Kier alpha value is 0.350. The minimum atomic E-state index is 1.09. The van der Waals surface area contributed by atoms with E-state index in [2.05, 4.69) is 42.8 Å². The molecule has 1 aliphatic rings. The van der Waals surface area contributed by atoms with Gasteiger partial charge in [-0.2, -0.15) is 0 Å². The third-order valence-corrected chi connectivity index (χ3v) is 3.18. The highest BCUT2D eigenvalue weighted by atomic mass is 127. The Balaban J connectivity index is 2.08. The predicted molar refractivity (Wildman–Crippen MR) is 69.7 cm³/mol. The predicted octanol–water partition coefficient (Wildman–Crippen LogP) is 1.12. The van der Waals surface area contributed by atoms with Crippen molar-refractivity contribution in [3.05, 3.63) is 12.7 Å². The summed E-state index contributed by atoms with van der Waals surface area (Å²) in [7, 11) is 0. The van der Waals surface area contributed by atoms with Gasteiger partial charge in [-0.25, -0.2) is 0 Å². The number of halogens is 1. The summed E-state index contributed by atoms with van der Waals surface area (Å²) in [5.41, 5.74) is 0. The SMILES string of the molecule is C=CCCN1CCN(CCNI)CC1. The van der Waals surface area contributed by atoms with E-state index in [1.807, 2.05) is 6.08 Å². The van der Waals surface area contributed by atoms with E-state index in [0.717, 1.165) is 13.0 Å². The van der Waals surface area contributed by atoms with Crippen LogP contribution in [0.15, 0.2) is 12.7 Å². The molecule has 0 spiro atoms. The van der Waals surface area contributed by atoms with Crippen LogP contribution in [0.4, 0.5) is 0 Å². The lowest BCUT2D eigenvalue weighted by Gasteiger charge is -2.34. The largest absolute Gasteiger partial charge is 0.300 e. The van der Waals surface area contributed by atoms with Gasteiger partial charge in [0.2, 0.25) is 0 Å². The van der Waals surface area contributed by atoms with Crippen molar-refractivity contribution in [3.63, 3.8) is 0 Å². The molecule has 0 bridgehead atoms. The molecule has 3 nitrogen and oxygen atoms in total. The third-order valence-electron chi connectivity index (χ3n) is 2.64. The topological polar surface area (TPSA) is 18.5 Å². The van der Waals surface area contributed by atoms with Crippen LogP contribution in [0, 0.1) is 0 Å². The van der Waals surface area contributed by atoms with E-state index in [9.17, 15) is 0 Å². The van der Waals surface area contributed by atoms with Gasteiger partial charge in [0.15, 0.2) is 0 Å². The Labute approximate surface area is 101 Å². The van der Waals surface area contributed by atoms with E-state index in [1.165, 1.54) is 39.3 Å². The molecule has 0 aliphatic carbocycles. The van der Waals surface area contributed by atoms with Crippen molar-refractivity contribution >= 4 is 22.9 Å². The molecule has 0 atom stereocenters. The van der Waals surface area contributed by atoms with Gasteiger partial charge >= 0.3 is 0 Å². The molecule has 1 N–H and O–H groups in total. The number of hydrogen-bond donors (Lipinski definition) is 1. The van der Waals surface area contributed by atoms with Crippen molar-refractivity contribution in [2.75, 3.05) is 45.8 Å². The molecule has 1 rings (SSSR count). The fraction of sp³-hybridized carbons (Fsp3) is 0.800. The van der Waals surface area contributed by atoms with E-state index in [-0.39, 0.29) is 0 Å². The summed E-state index contributed by atoms with van der Waals surface area (Å²) in [4.78, 5) is 5.05. The van der Waals surface area contributed by atoms with Crippen LogP contribution in [0.3, 0.4) is 0 Å². The number of nitrogens with one attached hydrogen (secondary N) is 1. The molecule has 0 saturated carbocycles. The van der Waals surface area contributed by atoms with Crippen molar-refractivity contribution in [3.8, 4) is 0 Å². The summed E-state index contributed by atoms with van der Waals surface area (Å²) >= 11 is 2.21. The number of hydrogen-bond acceptors (Lipinski definition) is 3. The Bertz CT molecular complexity index is 155. The van der Waals surface area contributed by atoms with Crippen LogP contribution in [0.2, 0.25) is 0 Å². The normalized spacial score (nSPS) is 19.8. The smallest absolute Gasteiger partial charge is 0.0178 e. The van der Waals surface area contributed by atoms with Crippen molar-refractivity contribution in [2.45, 2.75) is 6.42 Å². The van der Waals surface area contributed by atoms with Gasteiger partial charge in [-0.3, -0.25) is 8.43 Å². The van der Waals surface area contributed by atoms with Gasteiger partial charge in [0, 0.05) is 68.7 Å². The summed E-state index contributed by atoms with van der Waals surface area (Å²) in [5.74, 6) is 0. The molecule has 14 heavy (non-hydrogen) atoms. The Kier molecular flexibility index (Phi) is 6.76. The summed E-state index contributed by atoms with van der Waals surface area (Å²) in [6.45, 7) is 12.1. The molecule has 1 fully saturated rings. The van der Waals surface area contributed by atoms with E-state index >= 15 is 0 Å². The average molecular weight is 309 g/mol. The van der Waals surface area contributed by atoms with E-state index in [1.54, 1.807) is 0 Å². The second kappa shape index (κ2) is 7.62. The fourth-order valence-electron chi connectivity index (χ4n) is 1.71. The molecule has 1 aliphatic heterocycles. The number of nitrogens with zero attached hydrogens (tertiary/aromatic N) is 2. The van der Waals surface area contributed by atoms with Gasteiger partial charge in [-0.05, 0) is 6.42 Å². The zero-order chi connectivity index (χ0) is 10.2. The Morgan fingerprint density at radius 2 is 1.71 bits per heavy atom. The summed E-state index contributed by atoms with van der Waals surface area (Å²) in [6, 6.07) is 0. The molecule has 82 valence electrons. The first-order chi connectivity index (χ1) is 6.86. The van der Waals surface area contributed by atoms with Gasteiger partial charge < -0.3 is 4.90 Å². The molecule has 1 heterocycles. The van der Waals surface area contributed by atoms with Gasteiger partial charge in [0.25, 0.3) is 0 Å². The van der Waals surface area contributed by atoms with Crippen LogP contribution < -0.4 is 3.53 Å². The molecule has 1 saturated heterocycles. The average Bonchev–Trinajstić information content (AvgIpc) is 2.25. The summed E-state index contributed by atoms with van der Waals surface area (Å²) in [5, 5.41) is 0. The third kappa shape index (κ3) is 4.72. The molecular weight excluding hydrogens is 289 g/mol. The van der Waals surface area contributed by atoms with Crippen LogP contribution in [-0.2, 0) is 0 Å². The van der Waals surface area contributed by atoms with Crippen LogP contribution in [0.1, 0.15) is 6.42 Å². The Morgan fingerprint density at radius 3 is 2.21 bits per heavy atom. The van der Waals surface area contributed by atoms with Gasteiger partial charge in [-0.1, -0.05) is 6.08 Å². The molecule has 0 unspecified atom stereocenters. The molecular formula is C10H20IN3. The van der Waals surface area contributed by atoms with Crippen LogP contribution in [0.5, 0.6) is 0 Å². The van der Waals surface area contributed by atoms with Crippen molar-refractivity contribution in [1.82, 2.24) is 13.3 Å². The second-order valence-corrected chi connectivity index (χ2v) is 4.41. The minimum absolute atomic E-state index is 1.09. The fourth-order valence-corrected chi connectivity index (χ4v) is 1.95. The van der Waals surface area contributed by atoms with E-state index in [0.29, 0.717) is 0 Å². The van der Waals surface area contributed by atoms with Crippen LogP contribution in [0.25, 0.3) is 0 Å². The maximum absolute atomic E-state index is 3.75. The van der Waals surface area contributed by atoms with Crippen molar-refractivity contribution in [2.24, 2.45) is 0 Å². The second-order valence-electron chi connectivity index (χ2n) is 3.64. The standard InChI is InChI=1S/C10H20IN3/c1-2-3-5-13-7-9-14(10-8-13)6-4-12-11/h2,12H,1,3-10H2. The maximum Gasteiger partial charge on any atom is 0.0178 e. The molecule has 0 aromatic carbocycles. The summed E-state index contributed by atoms with van der Waals surface area (Å²) < 4.78 is 3.16. The minimum Gasteiger partial charge on any atom is -0.300 e. The quantitative estimate of drug-likeness (QED) is 0.451. The van der Waals surface area contributed by atoms with Gasteiger partial charge in [-0.15, -0.1) is 6.58 Å². The molecule has 4 heteroatoms. The van der Waals surface area contributed by atoms with Crippen molar-refractivity contribution in [1.29, 1.82) is 0 Å². The lowest BCUT2D eigenvalue weighted by Crippen LogP contribution is -2.47. The van der Waals surface area contributed by atoms with Gasteiger partial charge in [0.05, 0.1) is 0 Å². The first kappa shape index (κ1) is 12.4. The molecule has 0 aromatic heterocycles. The van der Waals surface area contributed by atoms with Crippen LogP contribution >= 0.6 is 22.9 Å². The van der Waals surface area contributed by atoms with Gasteiger partial charge in [0.1, 0.15) is 0 Å². The van der Waals surface area contributed by atoms with Crippen molar-refractivity contribution < 1.29 is 0 Å². The van der Waals surface area contributed by atoms with Crippen LogP contribution in [-0.4, -0.2) is 55.6 Å². The molecule has 0 radical (unpaired) electrons. The van der Waals surface area contributed by atoms with E-state index in [4.69, 9.17) is 0 Å². The number of rotatable bonds is 6. The molecule has 0 amide bonds. The lowest BCUT2D eigenvalue weighted by atomic mass is 10.3. The maximum atomic E-state index is 3.75. The zero-order valence-electron chi connectivity index (χ0n) is 8.71. The molecule has 0 aromatic rings. The summed E-state index contributed by atoms with van der Waals surface area (Å²) in [6.07, 6.45) is 3.13. The highest BCUT2D eigenvalue weighted by Crippen LogP contribution is 2.01. The first-order valence-corrected chi connectivity index (χ1v) is 6.34. The highest BCUT2D eigenvalue weighted by molar-refractivity contribution is 14.1. The Morgan fingerprint density at radius 1 is 1.14 bits per heavy atom. The highest BCUT2D eigenvalue weighted by Gasteiger charge is 2.14.